The van der Waals surface area contributed by atoms with Crippen LogP contribution < -0.4 is 11.1 Å². The summed E-state index contributed by atoms with van der Waals surface area (Å²) in [7, 11) is 0. The lowest BCUT2D eigenvalue weighted by Gasteiger charge is -2.11. The van der Waals surface area contributed by atoms with E-state index in [4.69, 9.17) is 16.2 Å². The Morgan fingerprint density at radius 3 is 2.64 bits per heavy atom. The third-order valence-corrected chi connectivity index (χ3v) is 3.99. The highest BCUT2D eigenvalue weighted by Gasteiger charge is 2.14. The fourth-order valence-electron chi connectivity index (χ4n) is 2.53. The molecule has 0 fully saturated rings. The average molecular weight is 382 g/mol. The molecule has 3 rings (SSSR count). The van der Waals surface area contributed by atoms with Crippen LogP contribution in [-0.4, -0.2) is 49.1 Å². The molecular formula is C18H18N6O4. The summed E-state index contributed by atoms with van der Waals surface area (Å²) < 4.78 is 0. The van der Waals surface area contributed by atoms with E-state index in [1.807, 2.05) is 0 Å². The molecule has 3 aromatic rings. The highest BCUT2D eigenvalue weighted by Crippen LogP contribution is 2.20. The number of nitrogens with one attached hydrogen (secondary N) is 3. The Balaban J connectivity index is 1.73. The molecule has 0 aliphatic rings. The minimum atomic E-state index is -1.26. The van der Waals surface area contributed by atoms with E-state index in [9.17, 15) is 14.7 Å². The quantitative estimate of drug-likeness (QED) is 0.199. The van der Waals surface area contributed by atoms with E-state index in [0.29, 0.717) is 28.1 Å². The summed E-state index contributed by atoms with van der Waals surface area (Å²) in [4.78, 5) is 34.3. The Labute approximate surface area is 158 Å². The Morgan fingerprint density at radius 2 is 2.00 bits per heavy atom. The number of nitrogens with zero attached hydrogens (tertiary/aromatic N) is 2. The van der Waals surface area contributed by atoms with Crippen LogP contribution in [0.2, 0.25) is 0 Å². The number of carbonyl (C=O) groups is 2. The molecule has 0 spiro atoms. The summed E-state index contributed by atoms with van der Waals surface area (Å²) in [5.74, 6) is -1.17. The molecule has 1 aromatic carbocycles. The minimum absolute atomic E-state index is 0.0444. The number of hydrogen-bond acceptors (Lipinski definition) is 6. The molecule has 0 aliphatic heterocycles. The van der Waals surface area contributed by atoms with Crippen LogP contribution in [0.25, 0.3) is 22.6 Å². The van der Waals surface area contributed by atoms with Crippen molar-refractivity contribution in [3.63, 3.8) is 0 Å². The number of aliphatic hydroxyl groups excluding tert-OH is 1. The van der Waals surface area contributed by atoms with E-state index in [1.165, 1.54) is 12.3 Å². The summed E-state index contributed by atoms with van der Waals surface area (Å²) in [6.07, 6.45) is -0.263. The van der Waals surface area contributed by atoms with Gasteiger partial charge in [-0.15, -0.1) is 0 Å². The van der Waals surface area contributed by atoms with Crippen LogP contribution >= 0.6 is 0 Å². The smallest absolute Gasteiger partial charge is 0.303 e. The largest absolute Gasteiger partial charge is 0.481 e. The van der Waals surface area contributed by atoms with Gasteiger partial charge in [-0.25, -0.2) is 4.98 Å². The summed E-state index contributed by atoms with van der Waals surface area (Å²) in [6.45, 7) is 0. The van der Waals surface area contributed by atoms with Gasteiger partial charge in [-0.2, -0.15) is 0 Å². The number of hydrogen-bond donors (Lipinski definition) is 6. The fourth-order valence-corrected chi connectivity index (χ4v) is 2.53. The Bertz CT molecular complexity index is 1040. The highest BCUT2D eigenvalue weighted by molar-refractivity contribution is 5.98. The van der Waals surface area contributed by atoms with E-state index < -0.39 is 18.1 Å². The molecule has 0 aliphatic carbocycles. The molecule has 7 N–H and O–H groups in total. The number of fused-ring (bicyclic) bond motifs is 1. The van der Waals surface area contributed by atoms with Crippen LogP contribution in [-0.2, 0) is 4.79 Å². The number of H-pyrrole nitrogens is 1. The van der Waals surface area contributed by atoms with Gasteiger partial charge in [-0.05, 0) is 30.3 Å². The molecule has 2 aromatic heterocycles. The number of imidazole rings is 1. The standard InChI is InChI=1S/C18H18N6O4/c19-16(20)9-1-3-11-13(7-9)23-17(22-11)12-4-2-10(8-21-12)18(28)24-14(25)5-6-15(26)27/h1-4,7-8,14,25H,5-6H2,(H3,19,20)(H,22,23)(H,24,28)(H,26,27). The number of carboxylic acids is 1. The van der Waals surface area contributed by atoms with Gasteiger partial charge in [0.1, 0.15) is 17.8 Å². The zero-order chi connectivity index (χ0) is 20.3. The number of amidine groups is 1. The second kappa shape index (κ2) is 7.84. The molecule has 1 unspecified atom stereocenters. The number of benzene rings is 1. The maximum absolute atomic E-state index is 12.1. The van der Waals surface area contributed by atoms with Gasteiger partial charge in [0.2, 0.25) is 0 Å². The van der Waals surface area contributed by atoms with Gasteiger partial charge in [-0.3, -0.25) is 20.0 Å². The molecule has 1 amide bonds. The Morgan fingerprint density at radius 1 is 1.25 bits per heavy atom. The molecule has 28 heavy (non-hydrogen) atoms. The van der Waals surface area contributed by atoms with Crippen LogP contribution in [0.5, 0.6) is 0 Å². The number of aliphatic carboxylic acids is 1. The fraction of sp³-hybridized carbons (Fsp3) is 0.167. The number of aliphatic hydroxyl groups is 1. The van der Waals surface area contributed by atoms with Crippen LogP contribution in [0, 0.1) is 5.41 Å². The van der Waals surface area contributed by atoms with Gasteiger partial charge >= 0.3 is 5.97 Å². The Hall–Kier alpha value is -3.79. The number of rotatable bonds is 7. The molecule has 2 heterocycles. The zero-order valence-corrected chi connectivity index (χ0v) is 14.6. The van der Waals surface area contributed by atoms with Crippen LogP contribution in [0.3, 0.4) is 0 Å². The first-order chi connectivity index (χ1) is 13.3. The normalized spacial score (nSPS) is 11.9. The number of aromatic amines is 1. The molecule has 0 saturated heterocycles. The molecule has 10 nitrogen and oxygen atoms in total. The van der Waals surface area contributed by atoms with Gasteiger partial charge in [0.25, 0.3) is 5.91 Å². The van der Waals surface area contributed by atoms with Crippen molar-refractivity contribution >= 4 is 28.7 Å². The lowest BCUT2D eigenvalue weighted by Crippen LogP contribution is -2.35. The number of nitrogen functional groups attached to an aromatic ring is 1. The van der Waals surface area contributed by atoms with Crippen molar-refractivity contribution in [2.75, 3.05) is 0 Å². The molecular weight excluding hydrogens is 364 g/mol. The second-order valence-corrected chi connectivity index (χ2v) is 6.08. The molecule has 0 saturated carbocycles. The van der Waals surface area contributed by atoms with E-state index in [-0.39, 0.29) is 24.2 Å². The molecule has 144 valence electrons. The maximum Gasteiger partial charge on any atom is 0.303 e. The first-order valence-electron chi connectivity index (χ1n) is 8.35. The van der Waals surface area contributed by atoms with Crippen molar-refractivity contribution < 1.29 is 19.8 Å². The van der Waals surface area contributed by atoms with Crippen LogP contribution in [0.4, 0.5) is 0 Å². The number of carbonyl (C=O) groups excluding carboxylic acids is 1. The van der Waals surface area contributed by atoms with Crippen molar-refractivity contribution in [2.45, 2.75) is 19.1 Å². The van der Waals surface area contributed by atoms with Crippen molar-refractivity contribution in [2.24, 2.45) is 5.73 Å². The number of carboxylic acid groups (broad SMARTS) is 1. The van der Waals surface area contributed by atoms with E-state index in [0.717, 1.165) is 0 Å². The van der Waals surface area contributed by atoms with Crippen LogP contribution in [0.1, 0.15) is 28.8 Å². The average Bonchev–Trinajstić information content (AvgIpc) is 3.09. The number of nitrogens with two attached hydrogens (primary N) is 1. The molecule has 0 bridgehead atoms. The predicted molar refractivity (Wildman–Crippen MR) is 101 cm³/mol. The molecule has 0 radical (unpaired) electrons. The predicted octanol–water partition coefficient (Wildman–Crippen LogP) is 0.822. The highest BCUT2D eigenvalue weighted by atomic mass is 16.4. The maximum atomic E-state index is 12.1. The van der Waals surface area contributed by atoms with E-state index in [1.54, 1.807) is 24.3 Å². The van der Waals surface area contributed by atoms with Gasteiger partial charge in [0, 0.05) is 24.6 Å². The summed E-state index contributed by atoms with van der Waals surface area (Å²) in [5, 5.41) is 28.0. The third kappa shape index (κ3) is 4.30. The van der Waals surface area contributed by atoms with Gasteiger partial charge < -0.3 is 26.2 Å². The van der Waals surface area contributed by atoms with Crippen molar-refractivity contribution in [3.05, 3.63) is 47.7 Å². The SMILES string of the molecule is N=C(N)c1ccc2nc(-c3ccc(C(=O)NC(O)CCC(=O)O)cn3)[nH]c2c1. The van der Waals surface area contributed by atoms with Gasteiger partial charge in [0.15, 0.2) is 5.82 Å². The third-order valence-electron chi connectivity index (χ3n) is 3.99. The summed E-state index contributed by atoms with van der Waals surface area (Å²) >= 11 is 0. The number of amides is 1. The lowest BCUT2D eigenvalue weighted by atomic mass is 10.2. The minimum Gasteiger partial charge on any atom is -0.481 e. The summed E-state index contributed by atoms with van der Waals surface area (Å²) in [5.41, 5.74) is 8.17. The van der Waals surface area contributed by atoms with Gasteiger partial charge in [-0.1, -0.05) is 0 Å². The van der Waals surface area contributed by atoms with Gasteiger partial charge in [0.05, 0.1) is 16.6 Å². The first kappa shape index (κ1) is 19.0. The van der Waals surface area contributed by atoms with Crippen molar-refractivity contribution in [3.8, 4) is 11.5 Å². The lowest BCUT2D eigenvalue weighted by molar-refractivity contribution is -0.137. The second-order valence-electron chi connectivity index (χ2n) is 6.08. The van der Waals surface area contributed by atoms with E-state index >= 15 is 0 Å². The zero-order valence-electron chi connectivity index (χ0n) is 14.6. The Kier molecular flexibility index (Phi) is 5.32. The number of pyridine rings is 1. The monoisotopic (exact) mass is 382 g/mol. The number of aromatic nitrogens is 3. The van der Waals surface area contributed by atoms with Crippen molar-refractivity contribution in [1.29, 1.82) is 5.41 Å². The first-order valence-corrected chi connectivity index (χ1v) is 8.35. The molecule has 10 heteroatoms. The topological polar surface area (TPSA) is 178 Å². The summed E-state index contributed by atoms with van der Waals surface area (Å²) in [6, 6.07) is 8.28. The van der Waals surface area contributed by atoms with E-state index in [2.05, 4.69) is 20.3 Å². The van der Waals surface area contributed by atoms with Crippen LogP contribution in [0.15, 0.2) is 36.5 Å². The molecule has 1 atom stereocenters. The van der Waals surface area contributed by atoms with Crippen molar-refractivity contribution in [1.82, 2.24) is 20.3 Å².